The number of ether oxygens (including phenoxy) is 1. The van der Waals surface area contributed by atoms with Gasteiger partial charge in [0, 0.05) is 19.5 Å². The Hall–Kier alpha value is -2.82. The van der Waals surface area contributed by atoms with Crippen molar-refractivity contribution in [2.45, 2.75) is 39.2 Å². The molecule has 2 aromatic carbocycles. The third kappa shape index (κ3) is 5.35. The number of rotatable bonds is 8. The van der Waals surface area contributed by atoms with Crippen LogP contribution in [0.3, 0.4) is 0 Å². The number of amides is 2. The smallest absolute Gasteiger partial charge is 0.229 e. The van der Waals surface area contributed by atoms with Crippen LogP contribution in [0, 0.1) is 5.92 Å². The Morgan fingerprint density at radius 2 is 1.86 bits per heavy atom. The van der Waals surface area contributed by atoms with E-state index in [9.17, 15) is 9.59 Å². The molecule has 1 heterocycles. The van der Waals surface area contributed by atoms with Crippen LogP contribution in [0.4, 0.5) is 5.69 Å². The normalized spacial score (nSPS) is 16.5. The summed E-state index contributed by atoms with van der Waals surface area (Å²) >= 11 is 0. The molecule has 2 aromatic rings. The molecule has 0 spiro atoms. The van der Waals surface area contributed by atoms with Gasteiger partial charge in [0.1, 0.15) is 5.75 Å². The molecule has 5 nitrogen and oxygen atoms in total. The molecule has 28 heavy (non-hydrogen) atoms. The predicted octanol–water partition coefficient (Wildman–Crippen LogP) is 3.89. The second-order valence-corrected chi connectivity index (χ2v) is 7.48. The average molecular weight is 380 g/mol. The molecule has 1 unspecified atom stereocenters. The molecule has 1 aliphatic rings. The zero-order chi connectivity index (χ0) is 19.9. The third-order valence-corrected chi connectivity index (χ3v) is 4.83. The number of hydrogen-bond acceptors (Lipinski definition) is 3. The molecule has 2 amide bonds. The van der Waals surface area contributed by atoms with Gasteiger partial charge < -0.3 is 15.0 Å². The van der Waals surface area contributed by atoms with Gasteiger partial charge >= 0.3 is 0 Å². The summed E-state index contributed by atoms with van der Waals surface area (Å²) in [6.07, 6.45) is 2.12. The number of likely N-dealkylation sites (tertiary alicyclic amines) is 1. The molecule has 1 atom stereocenters. The largest absolute Gasteiger partial charge is 0.489 e. The molecule has 148 valence electrons. The van der Waals surface area contributed by atoms with E-state index in [0.717, 1.165) is 12.8 Å². The fraction of sp³-hybridized carbons (Fsp3) is 0.391. The van der Waals surface area contributed by atoms with Gasteiger partial charge in [0.25, 0.3) is 0 Å². The van der Waals surface area contributed by atoms with Crippen LogP contribution in [0.25, 0.3) is 0 Å². The minimum Gasteiger partial charge on any atom is -0.489 e. The predicted molar refractivity (Wildman–Crippen MR) is 110 cm³/mol. The van der Waals surface area contributed by atoms with Crippen LogP contribution in [-0.2, 0) is 16.0 Å². The lowest BCUT2D eigenvalue weighted by atomic mass is 10.1. The van der Waals surface area contributed by atoms with Crippen molar-refractivity contribution in [3.05, 3.63) is 60.2 Å². The molecule has 5 heteroatoms. The van der Waals surface area contributed by atoms with Gasteiger partial charge in [-0.05, 0) is 44.4 Å². The lowest BCUT2D eigenvalue weighted by Crippen LogP contribution is -2.29. The third-order valence-electron chi connectivity index (χ3n) is 4.83. The number of nitrogens with one attached hydrogen (secondary N) is 1. The van der Waals surface area contributed by atoms with E-state index >= 15 is 0 Å². The van der Waals surface area contributed by atoms with Gasteiger partial charge in [-0.2, -0.15) is 0 Å². The Balaban J connectivity index is 1.52. The van der Waals surface area contributed by atoms with E-state index in [1.165, 1.54) is 5.56 Å². The zero-order valence-corrected chi connectivity index (χ0v) is 16.6. The number of para-hydroxylation sites is 2. The number of benzene rings is 2. The van der Waals surface area contributed by atoms with Crippen LogP contribution in [0.5, 0.6) is 5.75 Å². The number of anilines is 1. The molecule has 1 saturated heterocycles. The molecule has 0 bridgehead atoms. The molecule has 0 aliphatic carbocycles. The highest BCUT2D eigenvalue weighted by atomic mass is 16.5. The molecule has 1 N–H and O–H groups in total. The van der Waals surface area contributed by atoms with Crippen LogP contribution >= 0.6 is 0 Å². The minimum atomic E-state index is -0.323. The van der Waals surface area contributed by atoms with Gasteiger partial charge in [-0.15, -0.1) is 0 Å². The highest BCUT2D eigenvalue weighted by Gasteiger charge is 2.34. The van der Waals surface area contributed by atoms with Gasteiger partial charge in [-0.1, -0.05) is 42.5 Å². The van der Waals surface area contributed by atoms with E-state index in [1.54, 1.807) is 0 Å². The van der Waals surface area contributed by atoms with Crippen LogP contribution in [0.2, 0.25) is 0 Å². The first-order chi connectivity index (χ1) is 13.5. The van der Waals surface area contributed by atoms with Gasteiger partial charge in [0.05, 0.1) is 17.7 Å². The van der Waals surface area contributed by atoms with Crippen molar-refractivity contribution in [1.82, 2.24) is 4.90 Å². The zero-order valence-electron chi connectivity index (χ0n) is 16.6. The first kappa shape index (κ1) is 19.9. The van der Waals surface area contributed by atoms with Gasteiger partial charge in [0.15, 0.2) is 0 Å². The van der Waals surface area contributed by atoms with E-state index in [0.29, 0.717) is 24.5 Å². The van der Waals surface area contributed by atoms with Crippen molar-refractivity contribution in [3.8, 4) is 5.75 Å². The number of hydrogen-bond donors (Lipinski definition) is 1. The Labute approximate surface area is 166 Å². The fourth-order valence-corrected chi connectivity index (χ4v) is 3.44. The number of nitrogens with zero attached hydrogens (tertiary/aromatic N) is 1. The minimum absolute atomic E-state index is 0.0196. The summed E-state index contributed by atoms with van der Waals surface area (Å²) in [4.78, 5) is 26.8. The SMILES string of the molecule is CC(C)Oc1ccccc1NC(=O)C1CC(=O)N(CCCc2ccccc2)C1. The lowest BCUT2D eigenvalue weighted by molar-refractivity contribution is -0.128. The second-order valence-electron chi connectivity index (χ2n) is 7.48. The summed E-state index contributed by atoms with van der Waals surface area (Å²) in [6.45, 7) is 5.06. The summed E-state index contributed by atoms with van der Waals surface area (Å²) in [7, 11) is 0. The van der Waals surface area contributed by atoms with E-state index < -0.39 is 0 Å². The highest BCUT2D eigenvalue weighted by molar-refractivity contribution is 5.98. The van der Waals surface area contributed by atoms with Crippen LogP contribution in [-0.4, -0.2) is 35.9 Å². The topological polar surface area (TPSA) is 58.6 Å². The standard InChI is InChI=1S/C23H28N2O3/c1-17(2)28-21-13-7-6-12-20(21)24-23(27)19-15-22(26)25(16-19)14-8-11-18-9-4-3-5-10-18/h3-7,9-10,12-13,17,19H,8,11,14-16H2,1-2H3,(H,24,27). The van der Waals surface area contributed by atoms with Crippen molar-refractivity contribution in [2.75, 3.05) is 18.4 Å². The van der Waals surface area contributed by atoms with Gasteiger partial charge in [0.2, 0.25) is 11.8 Å². The molecule has 0 saturated carbocycles. The van der Waals surface area contributed by atoms with E-state index in [4.69, 9.17) is 4.74 Å². The fourth-order valence-electron chi connectivity index (χ4n) is 3.44. The Morgan fingerprint density at radius 3 is 2.61 bits per heavy atom. The summed E-state index contributed by atoms with van der Waals surface area (Å²) < 4.78 is 5.75. The molecule has 1 fully saturated rings. The number of aryl methyl sites for hydroxylation is 1. The maximum absolute atomic E-state index is 12.7. The van der Waals surface area contributed by atoms with Crippen LogP contribution in [0.15, 0.2) is 54.6 Å². The summed E-state index contributed by atoms with van der Waals surface area (Å²) in [5.74, 6) is 0.255. The molecular formula is C23H28N2O3. The second kappa shape index (κ2) is 9.40. The molecule has 1 aliphatic heterocycles. The van der Waals surface area contributed by atoms with Crippen molar-refractivity contribution in [3.63, 3.8) is 0 Å². The first-order valence-electron chi connectivity index (χ1n) is 9.91. The Bertz CT molecular complexity index is 805. The van der Waals surface area contributed by atoms with Crippen molar-refractivity contribution < 1.29 is 14.3 Å². The monoisotopic (exact) mass is 380 g/mol. The summed E-state index contributed by atoms with van der Waals surface area (Å²) in [5.41, 5.74) is 1.92. The molecular weight excluding hydrogens is 352 g/mol. The first-order valence-corrected chi connectivity index (χ1v) is 9.91. The lowest BCUT2D eigenvalue weighted by Gasteiger charge is -2.18. The molecule has 3 rings (SSSR count). The Morgan fingerprint density at radius 1 is 1.14 bits per heavy atom. The maximum atomic E-state index is 12.7. The van der Waals surface area contributed by atoms with Crippen LogP contribution < -0.4 is 10.1 Å². The van der Waals surface area contributed by atoms with Gasteiger partial charge in [-0.25, -0.2) is 0 Å². The van der Waals surface area contributed by atoms with Crippen LogP contribution in [0.1, 0.15) is 32.3 Å². The summed E-state index contributed by atoms with van der Waals surface area (Å²) in [6, 6.07) is 17.6. The van der Waals surface area contributed by atoms with E-state index in [1.807, 2.05) is 61.2 Å². The van der Waals surface area contributed by atoms with E-state index in [-0.39, 0.29) is 30.3 Å². The number of carbonyl (C=O) groups excluding carboxylic acids is 2. The Kier molecular flexibility index (Phi) is 6.69. The molecule has 0 aromatic heterocycles. The van der Waals surface area contributed by atoms with Gasteiger partial charge in [-0.3, -0.25) is 9.59 Å². The van der Waals surface area contributed by atoms with Crippen molar-refractivity contribution in [1.29, 1.82) is 0 Å². The van der Waals surface area contributed by atoms with E-state index in [2.05, 4.69) is 17.4 Å². The van der Waals surface area contributed by atoms with Crippen molar-refractivity contribution in [2.24, 2.45) is 5.92 Å². The quantitative estimate of drug-likeness (QED) is 0.756. The highest BCUT2D eigenvalue weighted by Crippen LogP contribution is 2.27. The maximum Gasteiger partial charge on any atom is 0.229 e. The van der Waals surface area contributed by atoms with Crippen molar-refractivity contribution >= 4 is 17.5 Å². The molecule has 0 radical (unpaired) electrons. The summed E-state index contributed by atoms with van der Waals surface area (Å²) in [5, 5.41) is 2.94. The average Bonchev–Trinajstić information content (AvgIpc) is 3.05. The number of carbonyl (C=O) groups is 2.